The Hall–Kier alpha value is -0.730. The molecule has 0 aromatic rings. The molecule has 0 aromatic carbocycles. The fraction of sp³-hybridized carbons (Fsp3) is 0.917. The Morgan fingerprint density at radius 3 is 2.73 bits per heavy atom. The lowest BCUT2D eigenvalue weighted by Crippen LogP contribution is -2.25. The van der Waals surface area contributed by atoms with E-state index in [0.29, 0.717) is 6.61 Å². The number of hydrogen-bond donors (Lipinski definition) is 0. The van der Waals surface area contributed by atoms with E-state index in [-0.39, 0.29) is 6.09 Å². The van der Waals surface area contributed by atoms with Gasteiger partial charge < -0.3 is 9.64 Å². The van der Waals surface area contributed by atoms with E-state index < -0.39 is 0 Å². The van der Waals surface area contributed by atoms with Crippen LogP contribution >= 0.6 is 0 Å². The van der Waals surface area contributed by atoms with Gasteiger partial charge in [-0.15, -0.1) is 0 Å². The maximum absolute atomic E-state index is 11.2. The van der Waals surface area contributed by atoms with Crippen LogP contribution < -0.4 is 0 Å². The van der Waals surface area contributed by atoms with Crippen LogP contribution in [0.2, 0.25) is 0 Å². The Bertz CT molecular complexity index is 212. The van der Waals surface area contributed by atoms with E-state index in [1.54, 1.807) is 0 Å². The third-order valence-corrected chi connectivity index (χ3v) is 3.61. The lowest BCUT2D eigenvalue weighted by Gasteiger charge is -2.22. The van der Waals surface area contributed by atoms with E-state index in [1.807, 2.05) is 4.90 Å². The molecule has 1 heterocycles. The minimum atomic E-state index is -0.112. The molecule has 0 atom stereocenters. The molecule has 1 aliphatic carbocycles. The maximum atomic E-state index is 11.2. The number of nitrogens with zero attached hydrogens (tertiary/aromatic N) is 1. The maximum Gasteiger partial charge on any atom is 0.409 e. The lowest BCUT2D eigenvalue weighted by molar-refractivity contribution is 0.157. The van der Waals surface area contributed by atoms with Crippen molar-refractivity contribution in [1.29, 1.82) is 0 Å². The van der Waals surface area contributed by atoms with Gasteiger partial charge in [-0.25, -0.2) is 4.79 Å². The van der Waals surface area contributed by atoms with Crippen LogP contribution in [0.25, 0.3) is 0 Å². The van der Waals surface area contributed by atoms with Gasteiger partial charge >= 0.3 is 6.09 Å². The predicted molar refractivity (Wildman–Crippen MR) is 58.7 cm³/mol. The third-order valence-electron chi connectivity index (χ3n) is 3.61. The second kappa shape index (κ2) is 5.38. The van der Waals surface area contributed by atoms with Crippen molar-refractivity contribution < 1.29 is 9.53 Å². The standard InChI is InChI=1S/C12H21NO2/c14-12-13(9-10-15-12)8-4-7-11-5-2-1-3-6-11/h11H,1-10H2. The van der Waals surface area contributed by atoms with Crippen molar-refractivity contribution in [2.75, 3.05) is 19.7 Å². The van der Waals surface area contributed by atoms with E-state index in [9.17, 15) is 4.79 Å². The van der Waals surface area contributed by atoms with Gasteiger partial charge in [-0.1, -0.05) is 32.1 Å². The molecule has 3 nitrogen and oxygen atoms in total. The quantitative estimate of drug-likeness (QED) is 0.715. The lowest BCUT2D eigenvalue weighted by atomic mass is 9.86. The summed E-state index contributed by atoms with van der Waals surface area (Å²) in [6.45, 7) is 2.28. The van der Waals surface area contributed by atoms with Crippen molar-refractivity contribution in [3.05, 3.63) is 0 Å². The molecule has 2 aliphatic rings. The highest BCUT2D eigenvalue weighted by Gasteiger charge is 2.21. The smallest absolute Gasteiger partial charge is 0.409 e. The van der Waals surface area contributed by atoms with Crippen molar-refractivity contribution in [2.45, 2.75) is 44.9 Å². The van der Waals surface area contributed by atoms with Gasteiger partial charge in [0.1, 0.15) is 6.61 Å². The Labute approximate surface area is 91.8 Å². The summed E-state index contributed by atoms with van der Waals surface area (Å²) in [4.78, 5) is 13.0. The minimum Gasteiger partial charge on any atom is -0.448 e. The third kappa shape index (κ3) is 3.11. The fourth-order valence-corrected chi connectivity index (χ4v) is 2.68. The summed E-state index contributed by atoms with van der Waals surface area (Å²) < 4.78 is 4.89. The van der Waals surface area contributed by atoms with Crippen LogP contribution in [0.4, 0.5) is 4.79 Å². The van der Waals surface area contributed by atoms with Crippen LogP contribution in [0.5, 0.6) is 0 Å². The van der Waals surface area contributed by atoms with Crippen LogP contribution in [-0.4, -0.2) is 30.7 Å². The number of ether oxygens (including phenoxy) is 1. The van der Waals surface area contributed by atoms with Crippen LogP contribution in [0.15, 0.2) is 0 Å². The topological polar surface area (TPSA) is 29.5 Å². The molecule has 0 aromatic heterocycles. The molecular weight excluding hydrogens is 190 g/mol. The highest BCUT2D eigenvalue weighted by Crippen LogP contribution is 2.27. The molecule has 86 valence electrons. The average molecular weight is 211 g/mol. The highest BCUT2D eigenvalue weighted by molar-refractivity contribution is 5.69. The van der Waals surface area contributed by atoms with Crippen LogP contribution in [-0.2, 0) is 4.74 Å². The molecule has 1 aliphatic heterocycles. The Morgan fingerprint density at radius 1 is 1.27 bits per heavy atom. The molecule has 0 radical (unpaired) electrons. The summed E-state index contributed by atoms with van der Waals surface area (Å²) >= 11 is 0. The van der Waals surface area contributed by atoms with Crippen molar-refractivity contribution in [2.24, 2.45) is 5.92 Å². The molecular formula is C12H21NO2. The molecule has 0 bridgehead atoms. The second-order valence-corrected chi connectivity index (χ2v) is 4.75. The molecule has 0 unspecified atom stereocenters. The van der Waals surface area contributed by atoms with Gasteiger partial charge in [0, 0.05) is 6.54 Å². The normalized spacial score (nSPS) is 23.2. The first-order chi connectivity index (χ1) is 7.36. The first-order valence-electron chi connectivity index (χ1n) is 6.28. The van der Waals surface area contributed by atoms with E-state index in [1.165, 1.54) is 38.5 Å². The first-order valence-corrected chi connectivity index (χ1v) is 6.28. The molecule has 2 rings (SSSR count). The van der Waals surface area contributed by atoms with Crippen LogP contribution in [0.1, 0.15) is 44.9 Å². The first kappa shape index (κ1) is 10.8. The number of amides is 1. The van der Waals surface area contributed by atoms with Crippen LogP contribution in [0.3, 0.4) is 0 Å². The fourth-order valence-electron chi connectivity index (χ4n) is 2.68. The van der Waals surface area contributed by atoms with E-state index in [4.69, 9.17) is 4.74 Å². The summed E-state index contributed by atoms with van der Waals surface area (Å²) in [5.74, 6) is 0.928. The summed E-state index contributed by atoms with van der Waals surface area (Å²) in [5, 5.41) is 0. The molecule has 3 heteroatoms. The summed E-state index contributed by atoms with van der Waals surface area (Å²) in [5.41, 5.74) is 0. The zero-order chi connectivity index (χ0) is 10.5. The molecule has 1 saturated carbocycles. The molecule has 2 fully saturated rings. The van der Waals surface area contributed by atoms with E-state index >= 15 is 0 Å². The minimum absolute atomic E-state index is 0.112. The second-order valence-electron chi connectivity index (χ2n) is 4.75. The number of hydrogen-bond acceptors (Lipinski definition) is 2. The number of cyclic esters (lactones) is 1. The molecule has 15 heavy (non-hydrogen) atoms. The van der Waals surface area contributed by atoms with Gasteiger partial charge in [-0.2, -0.15) is 0 Å². The molecule has 1 saturated heterocycles. The number of rotatable bonds is 4. The number of carbonyl (C=O) groups is 1. The molecule has 1 amide bonds. The summed E-state index contributed by atoms with van der Waals surface area (Å²) in [7, 11) is 0. The van der Waals surface area contributed by atoms with Crippen molar-refractivity contribution in [3.8, 4) is 0 Å². The zero-order valence-electron chi connectivity index (χ0n) is 9.41. The zero-order valence-corrected chi connectivity index (χ0v) is 9.41. The van der Waals surface area contributed by atoms with E-state index in [0.717, 1.165) is 25.4 Å². The van der Waals surface area contributed by atoms with Crippen molar-refractivity contribution in [1.82, 2.24) is 4.90 Å². The Kier molecular flexibility index (Phi) is 3.87. The van der Waals surface area contributed by atoms with Crippen molar-refractivity contribution >= 4 is 6.09 Å². The molecule has 0 N–H and O–H groups in total. The summed E-state index contributed by atoms with van der Waals surface area (Å²) in [6, 6.07) is 0. The monoisotopic (exact) mass is 211 g/mol. The van der Waals surface area contributed by atoms with Gasteiger partial charge in [0.2, 0.25) is 0 Å². The van der Waals surface area contributed by atoms with E-state index in [2.05, 4.69) is 0 Å². The van der Waals surface area contributed by atoms with Gasteiger partial charge in [0.15, 0.2) is 0 Å². The van der Waals surface area contributed by atoms with Gasteiger partial charge in [0.05, 0.1) is 6.54 Å². The average Bonchev–Trinajstić information content (AvgIpc) is 2.66. The predicted octanol–water partition coefficient (Wildman–Crippen LogP) is 2.80. The van der Waals surface area contributed by atoms with Gasteiger partial charge in [-0.3, -0.25) is 0 Å². The molecule has 0 spiro atoms. The van der Waals surface area contributed by atoms with Crippen molar-refractivity contribution in [3.63, 3.8) is 0 Å². The Balaban J connectivity index is 1.59. The van der Waals surface area contributed by atoms with Crippen LogP contribution in [0, 0.1) is 5.92 Å². The highest BCUT2D eigenvalue weighted by atomic mass is 16.6. The summed E-state index contributed by atoms with van der Waals surface area (Å²) in [6.07, 6.45) is 9.40. The Morgan fingerprint density at radius 2 is 2.07 bits per heavy atom. The largest absolute Gasteiger partial charge is 0.448 e. The SMILES string of the molecule is O=C1OCCN1CCCC1CCCCC1. The van der Waals surface area contributed by atoms with Gasteiger partial charge in [0.25, 0.3) is 0 Å². The number of carbonyl (C=O) groups excluding carboxylic acids is 1. The van der Waals surface area contributed by atoms with Gasteiger partial charge in [-0.05, 0) is 18.8 Å².